The van der Waals surface area contributed by atoms with E-state index in [4.69, 9.17) is 0 Å². The average Bonchev–Trinajstić information content (AvgIpc) is 2.11. The lowest BCUT2D eigenvalue weighted by Gasteiger charge is -2.08. The molecule has 84 valence electrons. The Bertz CT molecular complexity index is 316. The van der Waals surface area contributed by atoms with Gasteiger partial charge in [-0.15, -0.1) is 0 Å². The molecule has 0 spiro atoms. The first kappa shape index (κ1) is 12.5. The van der Waals surface area contributed by atoms with Crippen LogP contribution in [0.15, 0.2) is 28.7 Å². The fourth-order valence-electron chi connectivity index (χ4n) is 0.914. The number of hydroxylamine groups is 1. The smallest absolute Gasteiger partial charge is 0.292 e. The fourth-order valence-corrected chi connectivity index (χ4v) is 1.36. The summed E-state index contributed by atoms with van der Waals surface area (Å²) < 4.78 is 35.9. The van der Waals surface area contributed by atoms with Crippen LogP contribution in [0.4, 0.5) is 13.2 Å². The van der Waals surface area contributed by atoms with E-state index in [-0.39, 0.29) is 6.54 Å². The van der Waals surface area contributed by atoms with E-state index in [2.05, 4.69) is 26.2 Å². The zero-order chi connectivity index (χ0) is 11.3. The maximum atomic E-state index is 11.7. The Morgan fingerprint density at radius 1 is 1.33 bits per heavy atom. The lowest BCUT2D eigenvalue weighted by molar-refractivity contribution is -0.190. The third-order valence-electron chi connectivity index (χ3n) is 1.50. The van der Waals surface area contributed by atoms with Crippen LogP contribution in [0, 0.1) is 0 Å². The molecule has 0 aliphatic carbocycles. The van der Waals surface area contributed by atoms with E-state index in [1.807, 2.05) is 6.07 Å². The maximum Gasteiger partial charge on any atom is 0.413 e. The first-order chi connectivity index (χ1) is 6.97. The van der Waals surface area contributed by atoms with Gasteiger partial charge in [0.2, 0.25) is 0 Å². The predicted molar refractivity (Wildman–Crippen MR) is 53.0 cm³/mol. The van der Waals surface area contributed by atoms with Gasteiger partial charge in [0.05, 0.1) is 0 Å². The van der Waals surface area contributed by atoms with Crippen LogP contribution in [0.5, 0.6) is 0 Å². The van der Waals surface area contributed by atoms with Crippen LogP contribution in [0.2, 0.25) is 0 Å². The summed E-state index contributed by atoms with van der Waals surface area (Å²) in [6, 6.07) is 7.21. The topological polar surface area (TPSA) is 21.3 Å². The van der Waals surface area contributed by atoms with Gasteiger partial charge >= 0.3 is 6.18 Å². The molecule has 1 rings (SSSR count). The van der Waals surface area contributed by atoms with E-state index in [0.717, 1.165) is 10.0 Å². The molecule has 2 nitrogen and oxygen atoms in total. The highest BCUT2D eigenvalue weighted by Crippen LogP contribution is 2.14. The van der Waals surface area contributed by atoms with Gasteiger partial charge in [0.1, 0.15) is 0 Å². The fraction of sp³-hybridized carbons (Fsp3) is 0.333. The molecule has 0 atom stereocenters. The molecule has 1 aromatic rings. The summed E-state index contributed by atoms with van der Waals surface area (Å²) in [6.45, 7) is -1.06. The lowest BCUT2D eigenvalue weighted by atomic mass is 10.2. The van der Waals surface area contributed by atoms with Gasteiger partial charge in [0.25, 0.3) is 0 Å². The number of rotatable bonds is 4. The van der Waals surface area contributed by atoms with E-state index in [1.165, 1.54) is 0 Å². The number of halogens is 4. The molecular formula is C9H9BrF3NO. The Labute approximate surface area is 93.5 Å². The van der Waals surface area contributed by atoms with E-state index < -0.39 is 12.8 Å². The van der Waals surface area contributed by atoms with Crippen LogP contribution in [-0.2, 0) is 11.4 Å². The lowest BCUT2D eigenvalue weighted by Crippen LogP contribution is -2.24. The molecule has 0 amide bonds. The van der Waals surface area contributed by atoms with E-state index >= 15 is 0 Å². The van der Waals surface area contributed by atoms with Crippen molar-refractivity contribution >= 4 is 15.9 Å². The summed E-state index contributed by atoms with van der Waals surface area (Å²) in [5.74, 6) is 0. The van der Waals surface area contributed by atoms with Crippen molar-refractivity contribution in [2.75, 3.05) is 6.61 Å². The minimum atomic E-state index is -4.30. The second-order valence-electron chi connectivity index (χ2n) is 2.85. The largest absolute Gasteiger partial charge is 0.413 e. The quantitative estimate of drug-likeness (QED) is 0.678. The molecule has 0 aromatic heterocycles. The van der Waals surface area contributed by atoms with Crippen molar-refractivity contribution in [1.82, 2.24) is 5.48 Å². The summed E-state index contributed by atoms with van der Waals surface area (Å²) in [4.78, 5) is 4.25. The predicted octanol–water partition coefficient (Wildman–Crippen LogP) is 3.03. The standard InChI is InChI=1S/C9H9BrF3NO/c10-8-3-1-2-7(4-8)5-14-15-6-9(11,12)13/h1-4,14H,5-6H2. The summed E-state index contributed by atoms with van der Waals surface area (Å²) >= 11 is 3.25. The van der Waals surface area contributed by atoms with Crippen molar-refractivity contribution < 1.29 is 18.0 Å². The van der Waals surface area contributed by atoms with Gasteiger partial charge in [-0.1, -0.05) is 28.1 Å². The van der Waals surface area contributed by atoms with Crippen molar-refractivity contribution in [3.05, 3.63) is 34.3 Å². The summed E-state index contributed by atoms with van der Waals surface area (Å²) in [5.41, 5.74) is 3.08. The minimum Gasteiger partial charge on any atom is -0.292 e. The van der Waals surface area contributed by atoms with Crippen molar-refractivity contribution in [3.8, 4) is 0 Å². The Kier molecular flexibility index (Phi) is 4.56. The molecule has 1 aromatic carbocycles. The molecule has 0 saturated carbocycles. The molecule has 0 unspecified atom stereocenters. The Morgan fingerprint density at radius 3 is 2.67 bits per heavy atom. The highest BCUT2D eigenvalue weighted by Gasteiger charge is 2.27. The van der Waals surface area contributed by atoms with Gasteiger partial charge in [-0.05, 0) is 17.7 Å². The van der Waals surface area contributed by atoms with Crippen LogP contribution in [0.3, 0.4) is 0 Å². The number of nitrogens with one attached hydrogen (secondary N) is 1. The molecule has 0 aliphatic heterocycles. The van der Waals surface area contributed by atoms with E-state index in [9.17, 15) is 13.2 Å². The zero-order valence-corrected chi connectivity index (χ0v) is 9.23. The molecular weight excluding hydrogens is 275 g/mol. The van der Waals surface area contributed by atoms with Crippen LogP contribution in [0.25, 0.3) is 0 Å². The summed E-state index contributed by atoms with van der Waals surface area (Å²) in [7, 11) is 0. The first-order valence-electron chi connectivity index (χ1n) is 4.13. The number of hydrogen-bond donors (Lipinski definition) is 1. The van der Waals surface area contributed by atoms with Crippen LogP contribution in [0.1, 0.15) is 5.56 Å². The van der Waals surface area contributed by atoms with Gasteiger partial charge < -0.3 is 0 Å². The van der Waals surface area contributed by atoms with E-state index in [0.29, 0.717) is 0 Å². The van der Waals surface area contributed by atoms with Crippen molar-refractivity contribution in [2.45, 2.75) is 12.7 Å². The molecule has 15 heavy (non-hydrogen) atoms. The molecule has 0 bridgehead atoms. The molecule has 0 aliphatic rings. The van der Waals surface area contributed by atoms with Crippen molar-refractivity contribution in [3.63, 3.8) is 0 Å². The summed E-state index contributed by atoms with van der Waals surface area (Å²) in [6.07, 6.45) is -4.30. The van der Waals surface area contributed by atoms with Crippen molar-refractivity contribution in [2.24, 2.45) is 0 Å². The Morgan fingerprint density at radius 2 is 2.07 bits per heavy atom. The van der Waals surface area contributed by atoms with Gasteiger partial charge in [-0.2, -0.15) is 18.7 Å². The number of hydrogen-bond acceptors (Lipinski definition) is 2. The summed E-state index contributed by atoms with van der Waals surface area (Å²) in [5, 5.41) is 0. The normalized spacial score (nSPS) is 11.7. The Balaban J connectivity index is 2.26. The minimum absolute atomic E-state index is 0.232. The third-order valence-corrected chi connectivity index (χ3v) is 2.00. The van der Waals surface area contributed by atoms with Gasteiger partial charge in [0, 0.05) is 11.0 Å². The average molecular weight is 284 g/mol. The third kappa shape index (κ3) is 5.76. The van der Waals surface area contributed by atoms with Gasteiger partial charge in [-0.3, -0.25) is 4.84 Å². The molecule has 6 heteroatoms. The second-order valence-corrected chi connectivity index (χ2v) is 3.77. The van der Waals surface area contributed by atoms with Crippen molar-refractivity contribution in [1.29, 1.82) is 0 Å². The highest BCUT2D eigenvalue weighted by atomic mass is 79.9. The molecule has 0 saturated heterocycles. The molecule has 0 fully saturated rings. The van der Waals surface area contributed by atoms with Crippen LogP contribution < -0.4 is 5.48 Å². The number of benzene rings is 1. The monoisotopic (exact) mass is 283 g/mol. The first-order valence-corrected chi connectivity index (χ1v) is 4.92. The second kappa shape index (κ2) is 5.48. The van der Waals surface area contributed by atoms with Gasteiger partial charge in [0.15, 0.2) is 6.61 Å². The van der Waals surface area contributed by atoms with E-state index in [1.54, 1.807) is 18.2 Å². The molecule has 1 N–H and O–H groups in total. The Hall–Kier alpha value is -0.590. The SMILES string of the molecule is FC(F)(F)CONCc1cccc(Br)c1. The highest BCUT2D eigenvalue weighted by molar-refractivity contribution is 9.10. The molecule has 0 heterocycles. The van der Waals surface area contributed by atoms with Gasteiger partial charge in [-0.25, -0.2) is 0 Å². The van der Waals surface area contributed by atoms with Crippen LogP contribution in [-0.4, -0.2) is 12.8 Å². The maximum absolute atomic E-state index is 11.7. The van der Waals surface area contributed by atoms with Crippen LogP contribution >= 0.6 is 15.9 Å². The molecule has 0 radical (unpaired) electrons. The zero-order valence-electron chi connectivity index (χ0n) is 7.64. The number of alkyl halides is 3.